The highest BCUT2D eigenvalue weighted by Crippen LogP contribution is 2.31. The van der Waals surface area contributed by atoms with Crippen molar-refractivity contribution in [2.24, 2.45) is 0 Å². The second-order valence-electron chi connectivity index (χ2n) is 6.19. The minimum Gasteiger partial charge on any atom is -0.486 e. The van der Waals surface area contributed by atoms with Gasteiger partial charge in [0.15, 0.2) is 17.6 Å². The van der Waals surface area contributed by atoms with E-state index in [1.807, 2.05) is 31.2 Å². The third-order valence-electron chi connectivity index (χ3n) is 4.15. The van der Waals surface area contributed by atoms with Gasteiger partial charge in [-0.15, -0.1) is 0 Å². The van der Waals surface area contributed by atoms with E-state index >= 15 is 0 Å². The van der Waals surface area contributed by atoms with E-state index in [2.05, 4.69) is 15.4 Å². The van der Waals surface area contributed by atoms with Crippen LogP contribution in [0.25, 0.3) is 0 Å². The quantitative estimate of drug-likeness (QED) is 0.708. The van der Waals surface area contributed by atoms with Crippen LogP contribution in [0.15, 0.2) is 55.0 Å². The Morgan fingerprint density at radius 2 is 2.14 bits per heavy atom. The van der Waals surface area contributed by atoms with E-state index in [1.54, 1.807) is 35.4 Å². The van der Waals surface area contributed by atoms with Gasteiger partial charge in [0.1, 0.15) is 12.2 Å². The largest absolute Gasteiger partial charge is 0.486 e. The van der Waals surface area contributed by atoms with Crippen molar-refractivity contribution >= 4 is 11.6 Å². The average Bonchev–Trinajstić information content (AvgIpc) is 3.15. The minimum atomic E-state index is -0.303. The fraction of sp³-hybridized carbons (Fsp3) is 0.250. The van der Waals surface area contributed by atoms with Crippen LogP contribution in [0.4, 0.5) is 5.69 Å². The number of benzene rings is 1. The molecule has 0 unspecified atom stereocenters. The topological polar surface area (TPSA) is 87.5 Å². The van der Waals surface area contributed by atoms with Gasteiger partial charge in [0, 0.05) is 12.4 Å². The maximum absolute atomic E-state index is 12.5. The zero-order chi connectivity index (χ0) is 19.3. The lowest BCUT2D eigenvalue weighted by Crippen LogP contribution is -2.33. The molecule has 8 heteroatoms. The molecule has 8 nitrogen and oxygen atoms in total. The molecule has 1 amide bonds. The van der Waals surface area contributed by atoms with E-state index in [9.17, 15) is 4.79 Å². The number of carbonyl (C=O) groups is 1. The zero-order valence-corrected chi connectivity index (χ0v) is 15.4. The van der Waals surface area contributed by atoms with Crippen LogP contribution in [0, 0.1) is 0 Å². The molecule has 1 atom stereocenters. The van der Waals surface area contributed by atoms with Gasteiger partial charge in [0.25, 0.3) is 5.91 Å². The third-order valence-corrected chi connectivity index (χ3v) is 4.15. The summed E-state index contributed by atoms with van der Waals surface area (Å²) in [4.78, 5) is 16.6. The Kier molecular flexibility index (Phi) is 5.09. The molecule has 1 N–H and O–H groups in total. The summed E-state index contributed by atoms with van der Waals surface area (Å²) in [6.07, 6.45) is 4.76. The maximum atomic E-state index is 12.5. The van der Waals surface area contributed by atoms with Crippen molar-refractivity contribution in [1.29, 1.82) is 0 Å². The Morgan fingerprint density at radius 3 is 3.00 bits per heavy atom. The monoisotopic (exact) mass is 380 g/mol. The van der Waals surface area contributed by atoms with Crippen molar-refractivity contribution in [3.8, 4) is 17.4 Å². The van der Waals surface area contributed by atoms with Crippen LogP contribution in [0.5, 0.6) is 17.4 Å². The molecule has 4 rings (SSSR count). The standard InChI is InChI=1S/C20H20N4O4/c1-2-26-20-16(6-5-9-21-20)19(25)23-14-10-22-24(11-14)12-15-13-27-17-7-3-4-8-18(17)28-15/h3-11,15H,2,12-13H2,1H3,(H,23,25)/t15-/m1/s1. The van der Waals surface area contributed by atoms with Crippen molar-refractivity contribution in [3.05, 3.63) is 60.6 Å². The van der Waals surface area contributed by atoms with Crippen LogP contribution >= 0.6 is 0 Å². The molecule has 3 aromatic rings. The molecule has 0 saturated carbocycles. The SMILES string of the molecule is CCOc1ncccc1C(=O)Nc1cnn(C[C@@H]2COc3ccccc3O2)c1. The predicted octanol–water partition coefficient (Wildman–Crippen LogP) is 2.77. The van der Waals surface area contributed by atoms with Gasteiger partial charge in [0.2, 0.25) is 5.88 Å². The highest BCUT2D eigenvalue weighted by molar-refractivity contribution is 6.05. The van der Waals surface area contributed by atoms with Gasteiger partial charge in [-0.05, 0) is 31.2 Å². The van der Waals surface area contributed by atoms with Gasteiger partial charge < -0.3 is 19.5 Å². The van der Waals surface area contributed by atoms with E-state index in [0.717, 1.165) is 11.5 Å². The summed E-state index contributed by atoms with van der Waals surface area (Å²) in [5.74, 6) is 1.47. The molecule has 1 aliphatic heterocycles. The van der Waals surface area contributed by atoms with Crippen LogP contribution in [-0.4, -0.2) is 40.0 Å². The summed E-state index contributed by atoms with van der Waals surface area (Å²) in [5, 5.41) is 7.11. The number of para-hydroxylation sites is 2. The fourth-order valence-electron chi connectivity index (χ4n) is 2.90. The number of nitrogens with zero attached hydrogens (tertiary/aromatic N) is 3. The molecule has 144 valence electrons. The normalized spacial score (nSPS) is 15.1. The van der Waals surface area contributed by atoms with E-state index in [4.69, 9.17) is 14.2 Å². The number of rotatable bonds is 6. The molecule has 28 heavy (non-hydrogen) atoms. The number of fused-ring (bicyclic) bond motifs is 1. The average molecular weight is 380 g/mol. The van der Waals surface area contributed by atoms with Gasteiger partial charge in [-0.1, -0.05) is 12.1 Å². The first kappa shape index (κ1) is 17.8. The third kappa shape index (κ3) is 3.90. The maximum Gasteiger partial charge on any atom is 0.261 e. The Bertz CT molecular complexity index is 972. The number of amides is 1. The Hall–Kier alpha value is -3.55. The smallest absolute Gasteiger partial charge is 0.261 e. The highest BCUT2D eigenvalue weighted by atomic mass is 16.6. The Labute approximate surface area is 162 Å². The van der Waals surface area contributed by atoms with Gasteiger partial charge in [-0.3, -0.25) is 9.48 Å². The molecule has 1 aliphatic rings. The van der Waals surface area contributed by atoms with Crippen LogP contribution < -0.4 is 19.5 Å². The first-order valence-electron chi connectivity index (χ1n) is 9.03. The van der Waals surface area contributed by atoms with E-state index in [0.29, 0.717) is 36.9 Å². The minimum absolute atomic E-state index is 0.166. The van der Waals surface area contributed by atoms with Crippen LogP contribution in [0.1, 0.15) is 17.3 Å². The summed E-state index contributed by atoms with van der Waals surface area (Å²) in [7, 11) is 0. The molecule has 0 bridgehead atoms. The summed E-state index contributed by atoms with van der Waals surface area (Å²) in [5.41, 5.74) is 0.950. The number of ether oxygens (including phenoxy) is 3. The lowest BCUT2D eigenvalue weighted by molar-refractivity contribution is 0.0759. The second-order valence-corrected chi connectivity index (χ2v) is 6.19. The molecule has 0 fully saturated rings. The summed E-state index contributed by atoms with van der Waals surface area (Å²) in [6.45, 7) is 3.21. The van der Waals surface area contributed by atoms with E-state index in [1.165, 1.54) is 0 Å². The van der Waals surface area contributed by atoms with E-state index < -0.39 is 0 Å². The van der Waals surface area contributed by atoms with Crippen LogP contribution in [0.3, 0.4) is 0 Å². The molecule has 0 saturated heterocycles. The molecule has 0 spiro atoms. The summed E-state index contributed by atoms with van der Waals surface area (Å²) >= 11 is 0. The van der Waals surface area contributed by atoms with Crippen molar-refractivity contribution < 1.29 is 19.0 Å². The molecule has 1 aromatic carbocycles. The first-order chi connectivity index (χ1) is 13.7. The van der Waals surface area contributed by atoms with Crippen molar-refractivity contribution in [1.82, 2.24) is 14.8 Å². The molecule has 3 heterocycles. The number of nitrogens with one attached hydrogen (secondary N) is 1. The summed E-state index contributed by atoms with van der Waals surface area (Å²) < 4.78 is 18.8. The van der Waals surface area contributed by atoms with Gasteiger partial charge in [0.05, 0.1) is 25.0 Å². The van der Waals surface area contributed by atoms with E-state index in [-0.39, 0.29) is 12.0 Å². The Balaban J connectivity index is 1.39. The van der Waals surface area contributed by atoms with Gasteiger partial charge in [-0.2, -0.15) is 5.10 Å². The highest BCUT2D eigenvalue weighted by Gasteiger charge is 2.21. The van der Waals surface area contributed by atoms with Gasteiger partial charge >= 0.3 is 0 Å². The molecule has 0 radical (unpaired) electrons. The van der Waals surface area contributed by atoms with Crippen molar-refractivity contribution in [3.63, 3.8) is 0 Å². The van der Waals surface area contributed by atoms with Crippen molar-refractivity contribution in [2.45, 2.75) is 19.6 Å². The number of hydrogen-bond donors (Lipinski definition) is 1. The van der Waals surface area contributed by atoms with Crippen LogP contribution in [-0.2, 0) is 6.54 Å². The predicted molar refractivity (Wildman–Crippen MR) is 102 cm³/mol. The number of aromatic nitrogens is 3. The first-order valence-corrected chi connectivity index (χ1v) is 9.03. The fourth-order valence-corrected chi connectivity index (χ4v) is 2.90. The second kappa shape index (κ2) is 7.99. The number of pyridine rings is 1. The molecular weight excluding hydrogens is 360 g/mol. The molecular formula is C20H20N4O4. The number of hydrogen-bond acceptors (Lipinski definition) is 6. The number of carbonyl (C=O) groups excluding carboxylic acids is 1. The lowest BCUT2D eigenvalue weighted by Gasteiger charge is -2.26. The summed E-state index contributed by atoms with van der Waals surface area (Å²) in [6, 6.07) is 10.9. The zero-order valence-electron chi connectivity index (χ0n) is 15.4. The molecule has 2 aromatic heterocycles. The van der Waals surface area contributed by atoms with Crippen LogP contribution in [0.2, 0.25) is 0 Å². The lowest BCUT2D eigenvalue weighted by atomic mass is 10.2. The van der Waals surface area contributed by atoms with Gasteiger partial charge in [-0.25, -0.2) is 4.98 Å². The molecule has 0 aliphatic carbocycles. The Morgan fingerprint density at radius 1 is 1.29 bits per heavy atom. The van der Waals surface area contributed by atoms with Crippen molar-refractivity contribution in [2.75, 3.05) is 18.5 Å². The number of anilines is 1.